The van der Waals surface area contributed by atoms with Gasteiger partial charge in [-0.25, -0.2) is 9.79 Å². The number of likely N-dealkylation sites (N-methyl/N-ethyl adjacent to an activating group) is 1. The largest absolute Gasteiger partial charge is 0.487 e. The van der Waals surface area contributed by atoms with E-state index in [0.717, 1.165) is 20.1 Å². The number of nitrogens with zero attached hydrogens (tertiary/aromatic N) is 2. The number of carboxylic acids is 1. The van der Waals surface area contributed by atoms with Gasteiger partial charge in [-0.3, -0.25) is 9.69 Å². The number of hydrogen-bond donors (Lipinski definition) is 1. The van der Waals surface area contributed by atoms with Crippen LogP contribution in [0.25, 0.3) is 6.08 Å². The molecule has 10 heteroatoms. The number of aliphatic imine (C=N–C) groups is 1. The zero-order valence-electron chi connectivity index (χ0n) is 18.2. The summed E-state index contributed by atoms with van der Waals surface area (Å²) in [7, 11) is 1.65. The van der Waals surface area contributed by atoms with Crippen LogP contribution in [-0.2, 0) is 11.4 Å². The van der Waals surface area contributed by atoms with Crippen LogP contribution < -0.4 is 4.74 Å². The topological polar surface area (TPSA) is 79.2 Å². The molecule has 0 spiro atoms. The fraction of sp³-hybridized carbons (Fsp3) is 0.0800. The molecule has 1 aliphatic heterocycles. The summed E-state index contributed by atoms with van der Waals surface area (Å²) in [5, 5.41) is 10.2. The Labute approximate surface area is 227 Å². The monoisotopic (exact) mass is 634 g/mol. The number of ether oxygens (including phenoxy) is 1. The first-order chi connectivity index (χ1) is 16.7. The predicted molar refractivity (Wildman–Crippen MR) is 146 cm³/mol. The Bertz CT molecular complexity index is 1340. The lowest BCUT2D eigenvalue weighted by molar-refractivity contribution is -0.121. The van der Waals surface area contributed by atoms with Crippen molar-refractivity contribution in [1.82, 2.24) is 4.90 Å². The minimum absolute atomic E-state index is 0.175. The number of halogens is 3. The van der Waals surface area contributed by atoms with E-state index < -0.39 is 5.97 Å². The number of hydrogen-bond acceptors (Lipinski definition) is 5. The molecular weight excluding hydrogens is 620 g/mol. The van der Waals surface area contributed by atoms with Gasteiger partial charge < -0.3 is 9.84 Å². The molecular formula is C25H17Br2ClN2O4S. The molecule has 35 heavy (non-hydrogen) atoms. The summed E-state index contributed by atoms with van der Waals surface area (Å²) in [5.74, 6) is -0.529. The van der Waals surface area contributed by atoms with Crippen molar-refractivity contribution in [3.05, 3.63) is 96.2 Å². The first-order valence-electron chi connectivity index (χ1n) is 10.2. The lowest BCUT2D eigenvalue weighted by Gasteiger charge is -2.12. The van der Waals surface area contributed by atoms with Crippen molar-refractivity contribution in [2.24, 2.45) is 4.99 Å². The SMILES string of the molecule is CN1C(=O)/C(=C/c2cc(Br)c(OCc3ccc(Cl)cc3)c(Br)c2)SC1=Nc1ccc(C(=O)O)cc1. The molecule has 0 aliphatic carbocycles. The zero-order chi connectivity index (χ0) is 25.1. The van der Waals surface area contributed by atoms with Gasteiger partial charge in [-0.05, 0) is 109 Å². The third kappa shape index (κ3) is 6.16. The highest BCUT2D eigenvalue weighted by atomic mass is 79.9. The van der Waals surface area contributed by atoms with Gasteiger partial charge in [0.05, 0.1) is 25.1 Å². The zero-order valence-corrected chi connectivity index (χ0v) is 22.9. The molecule has 0 unspecified atom stereocenters. The van der Waals surface area contributed by atoms with E-state index in [0.29, 0.717) is 33.1 Å². The molecule has 1 saturated heterocycles. The highest BCUT2D eigenvalue weighted by molar-refractivity contribution is 9.11. The maximum Gasteiger partial charge on any atom is 0.335 e. The molecule has 1 fully saturated rings. The second kappa shape index (κ2) is 11.0. The van der Waals surface area contributed by atoms with E-state index in [9.17, 15) is 9.59 Å². The molecule has 0 aromatic heterocycles. The molecule has 0 radical (unpaired) electrons. The van der Waals surface area contributed by atoms with Gasteiger partial charge in [0.2, 0.25) is 0 Å². The van der Waals surface area contributed by atoms with Crippen LogP contribution in [0.15, 0.2) is 79.5 Å². The van der Waals surface area contributed by atoms with E-state index in [-0.39, 0.29) is 11.5 Å². The number of aromatic carboxylic acids is 1. The third-order valence-corrected chi connectivity index (χ3v) is 7.45. The van der Waals surface area contributed by atoms with Crippen molar-refractivity contribution in [2.45, 2.75) is 6.61 Å². The number of amidine groups is 1. The van der Waals surface area contributed by atoms with Crippen LogP contribution in [0.5, 0.6) is 5.75 Å². The van der Waals surface area contributed by atoms with Gasteiger partial charge in [-0.15, -0.1) is 0 Å². The van der Waals surface area contributed by atoms with Crippen LogP contribution in [0.2, 0.25) is 5.02 Å². The quantitative estimate of drug-likeness (QED) is 0.286. The number of carbonyl (C=O) groups is 2. The molecule has 0 saturated carbocycles. The molecule has 4 rings (SSSR count). The van der Waals surface area contributed by atoms with Gasteiger partial charge in [0.1, 0.15) is 12.4 Å². The Morgan fingerprint density at radius 3 is 2.34 bits per heavy atom. The maximum absolute atomic E-state index is 12.8. The average Bonchev–Trinajstić information content (AvgIpc) is 3.07. The smallest absolute Gasteiger partial charge is 0.335 e. The molecule has 1 heterocycles. The standard InChI is InChI=1S/C25H17Br2ClN2O4S/c1-30-23(31)21(35-25(30)29-18-8-4-16(5-9-18)24(32)33)12-15-10-19(26)22(20(27)11-15)34-13-14-2-6-17(28)7-3-14/h2-12H,13H2,1H3,(H,32,33)/b21-12-,29-25?. The highest BCUT2D eigenvalue weighted by Gasteiger charge is 2.30. The number of amides is 1. The first kappa shape index (κ1) is 25.5. The van der Waals surface area contributed by atoms with Gasteiger partial charge in [0.25, 0.3) is 5.91 Å². The van der Waals surface area contributed by atoms with Crippen molar-refractivity contribution >= 4 is 84.0 Å². The number of carboxylic acid groups (broad SMARTS) is 1. The van der Waals surface area contributed by atoms with Crippen molar-refractivity contribution in [1.29, 1.82) is 0 Å². The first-order valence-corrected chi connectivity index (χ1v) is 13.0. The van der Waals surface area contributed by atoms with Crippen LogP contribution in [0.1, 0.15) is 21.5 Å². The van der Waals surface area contributed by atoms with E-state index in [1.165, 1.54) is 28.8 Å². The highest BCUT2D eigenvalue weighted by Crippen LogP contribution is 2.38. The number of thioether (sulfide) groups is 1. The van der Waals surface area contributed by atoms with Crippen molar-refractivity contribution < 1.29 is 19.4 Å². The maximum atomic E-state index is 12.8. The van der Waals surface area contributed by atoms with E-state index in [1.54, 1.807) is 25.3 Å². The Morgan fingerprint density at radius 2 is 1.74 bits per heavy atom. The second-order valence-electron chi connectivity index (χ2n) is 7.45. The lowest BCUT2D eigenvalue weighted by atomic mass is 10.2. The predicted octanol–water partition coefficient (Wildman–Crippen LogP) is 7.38. The van der Waals surface area contributed by atoms with Gasteiger partial charge in [-0.1, -0.05) is 23.7 Å². The van der Waals surface area contributed by atoms with E-state index in [2.05, 4.69) is 36.9 Å². The summed E-state index contributed by atoms with van der Waals surface area (Å²) in [6, 6.07) is 17.4. The fourth-order valence-corrected chi connectivity index (χ4v) is 5.69. The lowest BCUT2D eigenvalue weighted by Crippen LogP contribution is -2.23. The Morgan fingerprint density at radius 1 is 1.11 bits per heavy atom. The van der Waals surface area contributed by atoms with Gasteiger partial charge in [-0.2, -0.15) is 0 Å². The fourth-order valence-electron chi connectivity index (χ4n) is 3.13. The number of benzene rings is 3. The third-order valence-electron chi connectivity index (χ3n) is 4.96. The summed E-state index contributed by atoms with van der Waals surface area (Å²) in [6.07, 6.45) is 1.79. The van der Waals surface area contributed by atoms with Crippen molar-refractivity contribution in [2.75, 3.05) is 7.05 Å². The Balaban J connectivity index is 1.52. The molecule has 0 bridgehead atoms. The van der Waals surface area contributed by atoms with E-state index in [1.807, 2.05) is 36.4 Å². The van der Waals surface area contributed by atoms with Crippen LogP contribution in [0.4, 0.5) is 5.69 Å². The normalized spacial score (nSPS) is 15.8. The van der Waals surface area contributed by atoms with Crippen molar-refractivity contribution in [3.63, 3.8) is 0 Å². The van der Waals surface area contributed by atoms with Crippen LogP contribution in [0, 0.1) is 0 Å². The number of rotatable bonds is 6. The minimum atomic E-state index is -1.00. The molecule has 3 aromatic rings. The summed E-state index contributed by atoms with van der Waals surface area (Å²) in [6.45, 7) is 0.376. The molecule has 1 N–H and O–H groups in total. The van der Waals surface area contributed by atoms with Gasteiger partial charge >= 0.3 is 5.97 Å². The van der Waals surface area contributed by atoms with Crippen LogP contribution in [0.3, 0.4) is 0 Å². The summed E-state index contributed by atoms with van der Waals surface area (Å²) < 4.78 is 7.45. The molecule has 6 nitrogen and oxygen atoms in total. The Kier molecular flexibility index (Phi) is 8.01. The second-order valence-corrected chi connectivity index (χ2v) is 10.6. The molecule has 3 aromatic carbocycles. The summed E-state index contributed by atoms with van der Waals surface area (Å²) in [5.41, 5.74) is 2.53. The number of carbonyl (C=O) groups excluding carboxylic acids is 1. The molecule has 178 valence electrons. The summed E-state index contributed by atoms with van der Waals surface area (Å²) >= 11 is 14.3. The summed E-state index contributed by atoms with van der Waals surface area (Å²) in [4.78, 5) is 30.3. The molecule has 0 atom stereocenters. The van der Waals surface area contributed by atoms with Crippen molar-refractivity contribution in [3.8, 4) is 5.75 Å². The molecule has 1 aliphatic rings. The van der Waals surface area contributed by atoms with E-state index in [4.69, 9.17) is 21.4 Å². The average molecular weight is 637 g/mol. The van der Waals surface area contributed by atoms with Crippen LogP contribution in [-0.4, -0.2) is 34.1 Å². The van der Waals surface area contributed by atoms with Gasteiger partial charge in [0.15, 0.2) is 5.17 Å². The van der Waals surface area contributed by atoms with Gasteiger partial charge in [0, 0.05) is 12.1 Å². The van der Waals surface area contributed by atoms with Crippen LogP contribution >= 0.6 is 55.2 Å². The van der Waals surface area contributed by atoms with E-state index >= 15 is 0 Å². The Hall–Kier alpha value is -2.59. The minimum Gasteiger partial charge on any atom is -0.487 e. The molecule has 1 amide bonds.